The summed E-state index contributed by atoms with van der Waals surface area (Å²) in [6.45, 7) is 4.56. The van der Waals surface area contributed by atoms with E-state index >= 15 is 0 Å². The Labute approximate surface area is 102 Å². The minimum absolute atomic E-state index is 0.124. The van der Waals surface area contributed by atoms with Gasteiger partial charge in [-0.05, 0) is 56.0 Å². The number of rotatable bonds is 6. The summed E-state index contributed by atoms with van der Waals surface area (Å²) < 4.78 is 18.3. The fourth-order valence-corrected chi connectivity index (χ4v) is 2.39. The van der Waals surface area contributed by atoms with Gasteiger partial charge in [-0.1, -0.05) is 6.07 Å². The summed E-state index contributed by atoms with van der Waals surface area (Å²) in [6.07, 6.45) is 3.09. The summed E-state index contributed by atoms with van der Waals surface area (Å²) in [5.74, 6) is -0.124. The van der Waals surface area contributed by atoms with E-state index in [1.165, 1.54) is 5.56 Å². The second kappa shape index (κ2) is 6.12. The number of aryl methyl sites for hydroxylation is 1. The largest absolute Gasteiger partial charge is 0.382 e. The van der Waals surface area contributed by atoms with Crippen LogP contribution in [0.5, 0.6) is 0 Å². The Bertz CT molecular complexity index is 367. The quantitative estimate of drug-likeness (QED) is 0.768. The van der Waals surface area contributed by atoms with E-state index in [9.17, 15) is 4.39 Å². The molecule has 2 nitrogen and oxygen atoms in total. The molecular weight excluding hydrogens is 217 g/mol. The van der Waals surface area contributed by atoms with E-state index in [4.69, 9.17) is 4.74 Å². The predicted molar refractivity (Wildman–Crippen MR) is 66.6 cm³/mol. The van der Waals surface area contributed by atoms with E-state index in [-0.39, 0.29) is 5.82 Å². The minimum atomic E-state index is -0.124. The first-order valence-corrected chi connectivity index (χ1v) is 6.40. The highest BCUT2D eigenvalue weighted by molar-refractivity contribution is 5.34. The SMILES string of the molecule is CCOCCCNC1CCc2cc(F)ccc21. The molecular formula is C14H20FNO. The van der Waals surface area contributed by atoms with Crippen LogP contribution in [0.25, 0.3) is 0 Å². The lowest BCUT2D eigenvalue weighted by molar-refractivity contribution is 0.144. The van der Waals surface area contributed by atoms with Gasteiger partial charge in [-0.2, -0.15) is 0 Å². The second-order valence-electron chi connectivity index (χ2n) is 4.44. The average Bonchev–Trinajstić information content (AvgIpc) is 2.71. The Morgan fingerprint density at radius 3 is 3.18 bits per heavy atom. The minimum Gasteiger partial charge on any atom is -0.382 e. The standard InChI is InChI=1S/C14H20FNO/c1-2-17-9-3-8-16-14-7-4-11-10-12(15)5-6-13(11)14/h5-6,10,14,16H,2-4,7-9H2,1H3. The molecule has 0 spiro atoms. The van der Waals surface area contributed by atoms with Crippen molar-refractivity contribution in [3.63, 3.8) is 0 Å². The number of nitrogens with one attached hydrogen (secondary N) is 1. The predicted octanol–water partition coefficient (Wildman–Crippen LogP) is 2.83. The van der Waals surface area contributed by atoms with Crippen LogP contribution in [0, 0.1) is 5.82 Å². The Morgan fingerprint density at radius 2 is 2.35 bits per heavy atom. The van der Waals surface area contributed by atoms with Gasteiger partial charge in [-0.3, -0.25) is 0 Å². The number of ether oxygens (including phenoxy) is 1. The molecule has 1 atom stereocenters. The van der Waals surface area contributed by atoms with Gasteiger partial charge in [0.15, 0.2) is 0 Å². The molecule has 0 amide bonds. The van der Waals surface area contributed by atoms with Crippen LogP contribution in [-0.4, -0.2) is 19.8 Å². The van der Waals surface area contributed by atoms with Crippen LogP contribution in [0.15, 0.2) is 18.2 Å². The van der Waals surface area contributed by atoms with Crippen LogP contribution in [0.4, 0.5) is 4.39 Å². The first kappa shape index (κ1) is 12.5. The zero-order chi connectivity index (χ0) is 12.1. The lowest BCUT2D eigenvalue weighted by atomic mass is 10.1. The summed E-state index contributed by atoms with van der Waals surface area (Å²) >= 11 is 0. The Kier molecular flexibility index (Phi) is 4.51. The maximum atomic E-state index is 13.0. The Morgan fingerprint density at radius 1 is 1.47 bits per heavy atom. The van der Waals surface area contributed by atoms with Gasteiger partial charge in [0.2, 0.25) is 0 Å². The van der Waals surface area contributed by atoms with E-state index in [0.29, 0.717) is 6.04 Å². The summed E-state index contributed by atoms with van der Waals surface area (Å²) in [5.41, 5.74) is 2.43. The maximum Gasteiger partial charge on any atom is 0.123 e. The molecule has 0 heterocycles. The molecule has 1 aliphatic carbocycles. The second-order valence-corrected chi connectivity index (χ2v) is 4.44. The summed E-state index contributed by atoms with van der Waals surface area (Å²) in [7, 11) is 0. The average molecular weight is 237 g/mol. The van der Waals surface area contributed by atoms with Crippen molar-refractivity contribution >= 4 is 0 Å². The van der Waals surface area contributed by atoms with E-state index < -0.39 is 0 Å². The molecule has 17 heavy (non-hydrogen) atoms. The van der Waals surface area contributed by atoms with Gasteiger partial charge >= 0.3 is 0 Å². The van der Waals surface area contributed by atoms with Crippen LogP contribution < -0.4 is 5.32 Å². The van der Waals surface area contributed by atoms with Crippen molar-refractivity contribution in [3.8, 4) is 0 Å². The Hall–Kier alpha value is -0.930. The fraction of sp³-hybridized carbons (Fsp3) is 0.571. The van der Waals surface area contributed by atoms with Crippen LogP contribution in [0.1, 0.15) is 36.9 Å². The van der Waals surface area contributed by atoms with Crippen LogP contribution in [0.3, 0.4) is 0 Å². The summed E-state index contributed by atoms with van der Waals surface area (Å²) in [4.78, 5) is 0. The number of halogens is 1. The van der Waals surface area contributed by atoms with Gasteiger partial charge in [0, 0.05) is 19.3 Å². The molecule has 94 valence electrons. The molecule has 1 N–H and O–H groups in total. The third-order valence-corrected chi connectivity index (χ3v) is 3.24. The van der Waals surface area contributed by atoms with E-state index in [2.05, 4.69) is 5.32 Å². The van der Waals surface area contributed by atoms with Crippen LogP contribution in [-0.2, 0) is 11.2 Å². The molecule has 1 aromatic carbocycles. The van der Waals surface area contributed by atoms with E-state index in [1.807, 2.05) is 13.0 Å². The molecule has 0 aliphatic heterocycles. The smallest absolute Gasteiger partial charge is 0.123 e. The Balaban J connectivity index is 1.81. The molecule has 0 radical (unpaired) electrons. The third-order valence-electron chi connectivity index (χ3n) is 3.24. The summed E-state index contributed by atoms with van der Waals surface area (Å²) in [6, 6.07) is 5.53. The zero-order valence-corrected chi connectivity index (χ0v) is 10.3. The van der Waals surface area contributed by atoms with E-state index in [0.717, 1.165) is 44.6 Å². The number of hydrogen-bond acceptors (Lipinski definition) is 2. The molecule has 1 unspecified atom stereocenters. The van der Waals surface area contributed by atoms with Gasteiger partial charge in [-0.15, -0.1) is 0 Å². The number of hydrogen-bond donors (Lipinski definition) is 1. The normalized spacial score (nSPS) is 18.4. The maximum absolute atomic E-state index is 13.0. The lowest BCUT2D eigenvalue weighted by Gasteiger charge is -2.13. The van der Waals surface area contributed by atoms with Crippen molar-refractivity contribution < 1.29 is 9.13 Å². The highest BCUT2D eigenvalue weighted by atomic mass is 19.1. The van der Waals surface area contributed by atoms with Gasteiger partial charge in [-0.25, -0.2) is 4.39 Å². The monoisotopic (exact) mass is 237 g/mol. The van der Waals surface area contributed by atoms with Gasteiger partial charge in [0.1, 0.15) is 5.82 Å². The van der Waals surface area contributed by atoms with E-state index in [1.54, 1.807) is 12.1 Å². The molecule has 0 fully saturated rings. The van der Waals surface area contributed by atoms with Gasteiger partial charge in [0.25, 0.3) is 0 Å². The zero-order valence-electron chi connectivity index (χ0n) is 10.3. The molecule has 2 rings (SSSR count). The van der Waals surface area contributed by atoms with Crippen molar-refractivity contribution in [1.82, 2.24) is 5.32 Å². The number of fused-ring (bicyclic) bond motifs is 1. The van der Waals surface area contributed by atoms with Gasteiger partial charge in [0.05, 0.1) is 0 Å². The van der Waals surface area contributed by atoms with Crippen LogP contribution >= 0.6 is 0 Å². The van der Waals surface area contributed by atoms with Crippen molar-refractivity contribution in [1.29, 1.82) is 0 Å². The highest BCUT2D eigenvalue weighted by Crippen LogP contribution is 2.31. The van der Waals surface area contributed by atoms with Gasteiger partial charge < -0.3 is 10.1 Å². The molecule has 1 aromatic rings. The fourth-order valence-electron chi connectivity index (χ4n) is 2.39. The molecule has 0 saturated carbocycles. The van der Waals surface area contributed by atoms with Crippen LogP contribution in [0.2, 0.25) is 0 Å². The first-order valence-electron chi connectivity index (χ1n) is 6.40. The van der Waals surface area contributed by atoms with Crippen molar-refractivity contribution in [2.75, 3.05) is 19.8 Å². The molecule has 0 aromatic heterocycles. The van der Waals surface area contributed by atoms with Crippen molar-refractivity contribution in [2.45, 2.75) is 32.2 Å². The highest BCUT2D eigenvalue weighted by Gasteiger charge is 2.21. The molecule has 3 heteroatoms. The van der Waals surface area contributed by atoms with Crippen molar-refractivity contribution in [3.05, 3.63) is 35.1 Å². The molecule has 0 saturated heterocycles. The number of benzene rings is 1. The topological polar surface area (TPSA) is 21.3 Å². The summed E-state index contributed by atoms with van der Waals surface area (Å²) in [5, 5.41) is 3.51. The lowest BCUT2D eigenvalue weighted by Crippen LogP contribution is -2.21. The van der Waals surface area contributed by atoms with Crippen molar-refractivity contribution in [2.24, 2.45) is 0 Å². The first-order chi connectivity index (χ1) is 8.31. The molecule has 1 aliphatic rings. The molecule has 0 bridgehead atoms. The third kappa shape index (κ3) is 3.27.